The van der Waals surface area contributed by atoms with Gasteiger partial charge in [0.1, 0.15) is 18.2 Å². The van der Waals surface area contributed by atoms with Crippen LogP contribution >= 0.6 is 0 Å². The molecule has 4 amide bonds. The highest BCUT2D eigenvalue weighted by atomic mass is 16.2. The van der Waals surface area contributed by atoms with Gasteiger partial charge in [-0.25, -0.2) is 19.7 Å². The van der Waals surface area contributed by atoms with Crippen molar-refractivity contribution < 1.29 is 14.4 Å². The summed E-state index contributed by atoms with van der Waals surface area (Å²) < 4.78 is 0. The number of carbonyl (C=O) groups is 3. The van der Waals surface area contributed by atoms with Gasteiger partial charge < -0.3 is 16.0 Å². The Morgan fingerprint density at radius 2 is 1.94 bits per heavy atom. The number of pyridine rings is 1. The smallest absolute Gasteiger partial charge is 0.325 e. The van der Waals surface area contributed by atoms with Crippen molar-refractivity contribution in [2.24, 2.45) is 11.8 Å². The van der Waals surface area contributed by atoms with Crippen molar-refractivity contribution >= 4 is 29.4 Å². The third kappa shape index (κ3) is 4.85. The predicted octanol–water partition coefficient (Wildman–Crippen LogP) is 2.16. The van der Waals surface area contributed by atoms with Crippen LogP contribution in [0.4, 0.5) is 16.3 Å². The van der Waals surface area contributed by atoms with Crippen LogP contribution in [0.2, 0.25) is 0 Å². The minimum Gasteiger partial charge on any atom is -0.384 e. The van der Waals surface area contributed by atoms with E-state index in [4.69, 9.17) is 5.73 Å². The molecule has 10 nitrogen and oxygen atoms in total. The molecule has 1 saturated heterocycles. The number of aromatic nitrogens is 3. The van der Waals surface area contributed by atoms with Gasteiger partial charge in [-0.3, -0.25) is 14.5 Å². The maximum absolute atomic E-state index is 13.5. The molecule has 0 spiro atoms. The first-order valence-corrected chi connectivity index (χ1v) is 11.7. The van der Waals surface area contributed by atoms with E-state index in [9.17, 15) is 14.4 Å². The molecule has 2 aromatic rings. The lowest BCUT2D eigenvalue weighted by Crippen LogP contribution is -2.71. The number of carbonyl (C=O) groups excluding carboxylic acids is 3. The highest BCUT2D eigenvalue weighted by Crippen LogP contribution is 2.33. The van der Waals surface area contributed by atoms with E-state index >= 15 is 0 Å². The number of β-lactam (4-membered cyclic amide) rings is 1. The molecule has 1 aliphatic heterocycles. The quantitative estimate of drug-likeness (QED) is 0.624. The highest BCUT2D eigenvalue weighted by Gasteiger charge is 2.55. The number of amides is 4. The molecule has 2 aromatic heterocycles. The summed E-state index contributed by atoms with van der Waals surface area (Å²) in [4.78, 5) is 54.2. The lowest BCUT2D eigenvalue weighted by Gasteiger charge is -2.46. The fourth-order valence-corrected chi connectivity index (χ4v) is 4.94. The van der Waals surface area contributed by atoms with E-state index in [1.807, 2.05) is 6.92 Å². The Bertz CT molecular complexity index is 1040. The Morgan fingerprint density at radius 1 is 1.24 bits per heavy atom. The first-order valence-electron chi connectivity index (χ1n) is 11.7. The molecule has 3 heterocycles. The van der Waals surface area contributed by atoms with Crippen LogP contribution in [0.25, 0.3) is 0 Å². The second-order valence-corrected chi connectivity index (χ2v) is 9.18. The number of urea groups is 1. The Labute approximate surface area is 199 Å². The van der Waals surface area contributed by atoms with Crippen molar-refractivity contribution in [2.45, 2.75) is 57.5 Å². The average molecular weight is 466 g/mol. The summed E-state index contributed by atoms with van der Waals surface area (Å²) in [5, 5.41) is 2.98. The van der Waals surface area contributed by atoms with Crippen molar-refractivity contribution in [2.75, 3.05) is 17.7 Å². The Kier molecular flexibility index (Phi) is 7.04. The van der Waals surface area contributed by atoms with Gasteiger partial charge in [0, 0.05) is 19.3 Å². The monoisotopic (exact) mass is 465 g/mol. The highest BCUT2D eigenvalue weighted by molar-refractivity contribution is 6.12. The summed E-state index contributed by atoms with van der Waals surface area (Å²) in [6.07, 6.45) is 11.9. The summed E-state index contributed by atoms with van der Waals surface area (Å²) in [6.45, 7) is 1.97. The van der Waals surface area contributed by atoms with Crippen LogP contribution in [0.3, 0.4) is 0 Å². The van der Waals surface area contributed by atoms with Crippen molar-refractivity contribution in [3.05, 3.63) is 42.6 Å². The second kappa shape index (κ2) is 10.1. The van der Waals surface area contributed by atoms with Gasteiger partial charge in [-0.1, -0.05) is 19.3 Å². The Morgan fingerprint density at radius 3 is 2.62 bits per heavy atom. The van der Waals surface area contributed by atoms with E-state index < -0.39 is 18.0 Å². The topological polar surface area (TPSA) is 134 Å². The first-order chi connectivity index (χ1) is 16.4. The van der Waals surface area contributed by atoms with Crippen LogP contribution in [0, 0.1) is 11.8 Å². The molecule has 3 atom stereocenters. The first kappa shape index (κ1) is 23.6. The maximum Gasteiger partial charge on any atom is 0.325 e. The molecule has 1 aliphatic carbocycles. The lowest BCUT2D eigenvalue weighted by molar-refractivity contribution is -0.156. The predicted molar refractivity (Wildman–Crippen MR) is 126 cm³/mol. The van der Waals surface area contributed by atoms with Crippen LogP contribution in [0.1, 0.15) is 44.6 Å². The van der Waals surface area contributed by atoms with Gasteiger partial charge in [0.15, 0.2) is 0 Å². The van der Waals surface area contributed by atoms with E-state index in [1.165, 1.54) is 30.0 Å². The number of nitrogens with two attached hydrogens (primary N) is 1. The van der Waals surface area contributed by atoms with Gasteiger partial charge >= 0.3 is 6.03 Å². The summed E-state index contributed by atoms with van der Waals surface area (Å²) in [6, 6.07) is 1.90. The third-order valence-electron chi connectivity index (χ3n) is 6.96. The number of hydrogen-bond acceptors (Lipinski definition) is 7. The van der Waals surface area contributed by atoms with E-state index in [1.54, 1.807) is 25.4 Å². The molecule has 180 valence electrons. The molecule has 3 N–H and O–H groups in total. The third-order valence-corrected chi connectivity index (χ3v) is 6.96. The number of nitrogens with zero attached hydrogens (tertiary/aromatic N) is 5. The summed E-state index contributed by atoms with van der Waals surface area (Å²) >= 11 is 0. The zero-order valence-electron chi connectivity index (χ0n) is 19.6. The van der Waals surface area contributed by atoms with Crippen LogP contribution in [-0.2, 0) is 16.0 Å². The molecule has 4 rings (SSSR count). The number of nitrogens with one attached hydrogen (secondary N) is 1. The molecule has 2 aliphatic rings. The van der Waals surface area contributed by atoms with Gasteiger partial charge in [0.05, 0.1) is 24.0 Å². The number of nitrogen functional groups attached to an aromatic ring is 1. The fraction of sp³-hybridized carbons (Fsp3) is 0.500. The molecule has 0 bridgehead atoms. The molecule has 34 heavy (non-hydrogen) atoms. The van der Waals surface area contributed by atoms with Crippen LogP contribution in [0.15, 0.2) is 37.1 Å². The maximum atomic E-state index is 13.5. The molecule has 10 heteroatoms. The molecule has 2 fully saturated rings. The molecule has 0 radical (unpaired) electrons. The van der Waals surface area contributed by atoms with E-state index in [0.717, 1.165) is 36.1 Å². The van der Waals surface area contributed by atoms with Gasteiger partial charge in [-0.2, -0.15) is 0 Å². The number of hydrogen-bond donors (Lipinski definition) is 2. The second-order valence-electron chi connectivity index (χ2n) is 9.18. The lowest BCUT2D eigenvalue weighted by atomic mass is 9.81. The molecule has 0 unspecified atom stereocenters. The van der Waals surface area contributed by atoms with Gasteiger partial charge in [-0.15, -0.1) is 0 Å². The molecule has 0 aromatic carbocycles. The normalized spacial score (nSPS) is 21.5. The minimum absolute atomic E-state index is 0.0735. The van der Waals surface area contributed by atoms with Crippen LogP contribution in [0.5, 0.6) is 0 Å². The van der Waals surface area contributed by atoms with Crippen LogP contribution in [-0.4, -0.2) is 56.8 Å². The molecular formula is C24H31N7O3. The van der Waals surface area contributed by atoms with Crippen LogP contribution < -0.4 is 16.0 Å². The Hall–Kier alpha value is -3.56. The van der Waals surface area contributed by atoms with Gasteiger partial charge in [0.2, 0.25) is 5.91 Å². The number of likely N-dealkylation sites (N-methyl/N-ethyl adjacent to an activating group) is 1. The number of imide groups is 1. The van der Waals surface area contributed by atoms with E-state index in [0.29, 0.717) is 17.4 Å². The number of likely N-dealkylation sites (tertiary alicyclic amines) is 1. The number of anilines is 2. The SMILES string of the molecule is C[C@@H](NC(=O)N1C(=O)[C@H](Cc2ccnc(N)c2)[C@H]1C(=O)N(C)c1cncnc1)C1CCCCC1. The van der Waals surface area contributed by atoms with E-state index in [-0.39, 0.29) is 24.3 Å². The average Bonchev–Trinajstić information content (AvgIpc) is 2.85. The Balaban J connectivity index is 1.54. The summed E-state index contributed by atoms with van der Waals surface area (Å²) in [5.41, 5.74) is 7.05. The van der Waals surface area contributed by atoms with Crippen molar-refractivity contribution in [1.29, 1.82) is 0 Å². The van der Waals surface area contributed by atoms with Crippen molar-refractivity contribution in [1.82, 2.24) is 25.2 Å². The summed E-state index contributed by atoms with van der Waals surface area (Å²) in [5.74, 6) is -0.719. The number of rotatable bonds is 6. The molecule has 1 saturated carbocycles. The van der Waals surface area contributed by atoms with E-state index in [2.05, 4.69) is 20.3 Å². The fourth-order valence-electron chi connectivity index (χ4n) is 4.94. The zero-order chi connectivity index (χ0) is 24.2. The van der Waals surface area contributed by atoms with Crippen molar-refractivity contribution in [3.63, 3.8) is 0 Å². The van der Waals surface area contributed by atoms with Gasteiger partial charge in [-0.05, 0) is 49.8 Å². The minimum atomic E-state index is -0.939. The van der Waals surface area contributed by atoms with Gasteiger partial charge in [0.25, 0.3) is 5.91 Å². The van der Waals surface area contributed by atoms with Crippen molar-refractivity contribution in [3.8, 4) is 0 Å². The standard InChI is InChI=1S/C24H31N7O3/c1-15(17-6-4-3-5-7-17)29-24(34)31-21(23(33)30(2)18-12-26-14-27-13-18)19(22(31)32)10-16-8-9-28-20(25)11-16/h8-9,11-15,17,19,21H,3-7,10H2,1-2H3,(H2,25,28)(H,29,34)/t15-,19-,21+/m1/s1. The molecular weight excluding hydrogens is 434 g/mol. The zero-order valence-corrected chi connectivity index (χ0v) is 19.6. The largest absolute Gasteiger partial charge is 0.384 e. The summed E-state index contributed by atoms with van der Waals surface area (Å²) in [7, 11) is 1.59.